The molecule has 0 saturated carbocycles. The van der Waals surface area contributed by atoms with Crippen molar-refractivity contribution in [1.29, 1.82) is 0 Å². The minimum absolute atomic E-state index is 0.172. The Morgan fingerprint density at radius 2 is 2.30 bits per heavy atom. The van der Waals surface area contributed by atoms with Crippen LogP contribution >= 0.6 is 11.3 Å². The van der Waals surface area contributed by atoms with E-state index in [0.717, 1.165) is 48.6 Å². The van der Waals surface area contributed by atoms with Crippen LogP contribution in [0, 0.1) is 12.7 Å². The summed E-state index contributed by atoms with van der Waals surface area (Å²) < 4.78 is 19.2. The number of aryl methyl sites for hydroxylation is 1. The van der Waals surface area contributed by atoms with Crippen molar-refractivity contribution in [2.45, 2.75) is 44.9 Å². The van der Waals surface area contributed by atoms with E-state index in [2.05, 4.69) is 15.3 Å². The van der Waals surface area contributed by atoms with Crippen LogP contribution < -0.4 is 0 Å². The summed E-state index contributed by atoms with van der Waals surface area (Å²) >= 11 is 1.69. The Morgan fingerprint density at radius 3 is 3.00 bits per heavy atom. The smallest absolute Gasteiger partial charge is 0.123 e. The first-order valence-corrected chi connectivity index (χ1v) is 8.96. The molecule has 0 N–H and O–H groups in total. The molecule has 124 valence electrons. The number of piperidine rings is 1. The number of hydrogen-bond donors (Lipinski definition) is 0. The first kappa shape index (κ1) is 16.6. The van der Waals surface area contributed by atoms with Gasteiger partial charge in [0.15, 0.2) is 0 Å². The molecule has 2 heterocycles. The maximum absolute atomic E-state index is 13.5. The van der Waals surface area contributed by atoms with Crippen LogP contribution in [0.1, 0.15) is 29.1 Å². The average Bonchev–Trinajstić information content (AvgIpc) is 2.94. The quantitative estimate of drug-likeness (QED) is 0.831. The van der Waals surface area contributed by atoms with Crippen LogP contribution in [0.3, 0.4) is 0 Å². The van der Waals surface area contributed by atoms with Gasteiger partial charge in [-0.2, -0.15) is 0 Å². The topological polar surface area (TPSA) is 25.4 Å². The number of benzene rings is 1. The Labute approximate surface area is 141 Å². The molecule has 2 atom stereocenters. The van der Waals surface area contributed by atoms with Crippen molar-refractivity contribution in [2.24, 2.45) is 0 Å². The van der Waals surface area contributed by atoms with Crippen LogP contribution in [-0.4, -0.2) is 35.7 Å². The fourth-order valence-corrected chi connectivity index (χ4v) is 4.02. The summed E-state index contributed by atoms with van der Waals surface area (Å²) in [4.78, 5) is 7.03. The number of hydrogen-bond acceptors (Lipinski definition) is 4. The standard InChI is InChI=1S/C18H23FN2OS/c1-13-20-16(12-23-13)11-21-8-4-7-18(22-2)17(21)10-14-5-3-6-15(19)9-14/h3,5-6,9,12,17-18H,4,7-8,10-11H2,1-2H3/t17-,18-/m0/s1. The molecular formula is C18H23FN2OS. The normalized spacial score (nSPS) is 22.4. The van der Waals surface area contributed by atoms with Crippen molar-refractivity contribution in [3.05, 3.63) is 51.7 Å². The van der Waals surface area contributed by atoms with Crippen molar-refractivity contribution in [3.8, 4) is 0 Å². The van der Waals surface area contributed by atoms with E-state index < -0.39 is 0 Å². The number of likely N-dealkylation sites (tertiary alicyclic amines) is 1. The molecular weight excluding hydrogens is 311 g/mol. The molecule has 0 amide bonds. The van der Waals surface area contributed by atoms with Gasteiger partial charge in [0, 0.05) is 25.1 Å². The lowest BCUT2D eigenvalue weighted by atomic mass is 9.92. The number of ether oxygens (including phenoxy) is 1. The molecule has 3 nitrogen and oxygen atoms in total. The van der Waals surface area contributed by atoms with E-state index in [1.54, 1.807) is 30.6 Å². The van der Waals surface area contributed by atoms with Gasteiger partial charge in [-0.15, -0.1) is 11.3 Å². The summed E-state index contributed by atoms with van der Waals surface area (Å²) in [7, 11) is 1.78. The molecule has 0 unspecified atom stereocenters. The number of halogens is 1. The first-order valence-electron chi connectivity index (χ1n) is 8.08. The highest BCUT2D eigenvalue weighted by Crippen LogP contribution is 2.25. The number of aromatic nitrogens is 1. The maximum atomic E-state index is 13.5. The highest BCUT2D eigenvalue weighted by Gasteiger charge is 2.32. The summed E-state index contributed by atoms with van der Waals surface area (Å²) in [5.41, 5.74) is 2.15. The summed E-state index contributed by atoms with van der Waals surface area (Å²) in [6.45, 7) is 3.91. The van der Waals surface area contributed by atoms with Gasteiger partial charge in [0.05, 0.1) is 16.8 Å². The Hall–Kier alpha value is -1.30. The number of methoxy groups -OCH3 is 1. The van der Waals surface area contributed by atoms with Crippen LogP contribution in [0.15, 0.2) is 29.6 Å². The van der Waals surface area contributed by atoms with Gasteiger partial charge in [0.25, 0.3) is 0 Å². The van der Waals surface area contributed by atoms with E-state index in [0.29, 0.717) is 0 Å². The summed E-state index contributed by atoms with van der Waals surface area (Å²) in [5, 5.41) is 3.23. The lowest BCUT2D eigenvalue weighted by Gasteiger charge is -2.40. The molecule has 0 radical (unpaired) electrons. The SMILES string of the molecule is CO[C@H]1CCCN(Cc2csc(C)n2)[C@H]1Cc1cccc(F)c1. The van der Waals surface area contributed by atoms with Gasteiger partial charge in [0.1, 0.15) is 5.82 Å². The molecule has 1 aromatic carbocycles. The van der Waals surface area contributed by atoms with Gasteiger partial charge in [-0.1, -0.05) is 12.1 Å². The number of nitrogens with zero attached hydrogens (tertiary/aromatic N) is 2. The Kier molecular flexibility index (Phi) is 5.41. The van der Waals surface area contributed by atoms with Crippen molar-refractivity contribution < 1.29 is 9.13 Å². The molecule has 2 aromatic rings. The zero-order chi connectivity index (χ0) is 16.2. The zero-order valence-corrected chi connectivity index (χ0v) is 14.5. The van der Waals surface area contributed by atoms with Crippen molar-refractivity contribution >= 4 is 11.3 Å². The number of thiazole rings is 1. The fraction of sp³-hybridized carbons (Fsp3) is 0.500. The second-order valence-electron chi connectivity index (χ2n) is 6.15. The summed E-state index contributed by atoms with van der Waals surface area (Å²) in [6, 6.07) is 7.16. The van der Waals surface area contributed by atoms with Crippen LogP contribution in [0.25, 0.3) is 0 Å². The highest BCUT2D eigenvalue weighted by atomic mass is 32.1. The minimum Gasteiger partial charge on any atom is -0.380 e. The van der Waals surface area contributed by atoms with Crippen LogP contribution in [0.5, 0.6) is 0 Å². The van der Waals surface area contributed by atoms with Gasteiger partial charge in [-0.05, 0) is 50.4 Å². The maximum Gasteiger partial charge on any atom is 0.123 e. The molecule has 1 fully saturated rings. The van der Waals surface area contributed by atoms with E-state index in [4.69, 9.17) is 4.74 Å². The Morgan fingerprint density at radius 1 is 1.43 bits per heavy atom. The zero-order valence-electron chi connectivity index (χ0n) is 13.7. The molecule has 1 aromatic heterocycles. The Bertz CT molecular complexity index is 645. The lowest BCUT2D eigenvalue weighted by Crippen LogP contribution is -2.49. The lowest BCUT2D eigenvalue weighted by molar-refractivity contribution is -0.0222. The predicted octanol–water partition coefficient (Wildman–Crippen LogP) is 3.81. The molecule has 1 aliphatic rings. The first-order chi connectivity index (χ1) is 11.2. The summed E-state index contributed by atoms with van der Waals surface area (Å²) in [6.07, 6.45) is 3.18. The minimum atomic E-state index is -0.172. The van der Waals surface area contributed by atoms with Gasteiger partial charge < -0.3 is 4.74 Å². The van der Waals surface area contributed by atoms with Crippen LogP contribution in [-0.2, 0) is 17.7 Å². The molecule has 0 spiro atoms. The van der Waals surface area contributed by atoms with Crippen LogP contribution in [0.2, 0.25) is 0 Å². The Balaban J connectivity index is 1.77. The average molecular weight is 334 g/mol. The highest BCUT2D eigenvalue weighted by molar-refractivity contribution is 7.09. The predicted molar refractivity (Wildman–Crippen MR) is 91.2 cm³/mol. The molecule has 0 bridgehead atoms. The van der Waals surface area contributed by atoms with E-state index >= 15 is 0 Å². The van der Waals surface area contributed by atoms with Crippen molar-refractivity contribution in [1.82, 2.24) is 9.88 Å². The molecule has 1 saturated heterocycles. The third kappa shape index (κ3) is 4.16. The van der Waals surface area contributed by atoms with E-state index in [-0.39, 0.29) is 18.0 Å². The second kappa shape index (κ2) is 7.51. The monoisotopic (exact) mass is 334 g/mol. The van der Waals surface area contributed by atoms with Gasteiger partial charge in [0.2, 0.25) is 0 Å². The largest absolute Gasteiger partial charge is 0.380 e. The fourth-order valence-electron chi connectivity index (χ4n) is 3.42. The third-order valence-electron chi connectivity index (χ3n) is 4.50. The molecule has 1 aliphatic heterocycles. The van der Waals surface area contributed by atoms with Crippen molar-refractivity contribution in [2.75, 3.05) is 13.7 Å². The summed E-state index contributed by atoms with van der Waals surface area (Å²) in [5.74, 6) is -0.172. The van der Waals surface area contributed by atoms with Crippen molar-refractivity contribution in [3.63, 3.8) is 0 Å². The van der Waals surface area contributed by atoms with Gasteiger partial charge in [-0.3, -0.25) is 4.90 Å². The molecule has 3 rings (SSSR count). The van der Waals surface area contributed by atoms with E-state index in [1.165, 1.54) is 6.07 Å². The molecule has 23 heavy (non-hydrogen) atoms. The van der Waals surface area contributed by atoms with Crippen LogP contribution in [0.4, 0.5) is 4.39 Å². The van der Waals surface area contributed by atoms with Gasteiger partial charge in [-0.25, -0.2) is 9.37 Å². The van der Waals surface area contributed by atoms with E-state index in [1.807, 2.05) is 13.0 Å². The van der Waals surface area contributed by atoms with E-state index in [9.17, 15) is 4.39 Å². The van der Waals surface area contributed by atoms with Gasteiger partial charge >= 0.3 is 0 Å². The number of rotatable bonds is 5. The third-order valence-corrected chi connectivity index (χ3v) is 5.32. The second-order valence-corrected chi connectivity index (χ2v) is 7.21. The molecule has 0 aliphatic carbocycles. The molecule has 5 heteroatoms.